The maximum atomic E-state index is 12.4. The van der Waals surface area contributed by atoms with E-state index in [2.05, 4.69) is 10.6 Å². The third kappa shape index (κ3) is 4.66. The van der Waals surface area contributed by atoms with Crippen molar-refractivity contribution in [2.24, 2.45) is 0 Å². The zero-order valence-electron chi connectivity index (χ0n) is 13.1. The molecule has 24 heavy (non-hydrogen) atoms. The second-order valence-electron chi connectivity index (χ2n) is 4.90. The number of imide groups is 1. The lowest BCUT2D eigenvalue weighted by molar-refractivity contribution is -0.122. The fraction of sp³-hybridized carbons (Fsp3) is 0.429. The molecule has 0 saturated carbocycles. The lowest BCUT2D eigenvalue weighted by Crippen LogP contribution is -2.40. The minimum Gasteiger partial charge on any atom is -0.484 e. The molecule has 0 atom stereocenters. The van der Waals surface area contributed by atoms with Crippen molar-refractivity contribution in [1.29, 1.82) is 0 Å². The first kappa shape index (κ1) is 18.2. The van der Waals surface area contributed by atoms with E-state index in [0.29, 0.717) is 32.1 Å². The molecule has 2 rings (SSSR count). The molecule has 2 N–H and O–H groups in total. The van der Waals surface area contributed by atoms with E-state index >= 15 is 0 Å². The largest absolute Gasteiger partial charge is 0.484 e. The lowest BCUT2D eigenvalue weighted by Gasteiger charge is -2.26. The predicted octanol–water partition coefficient (Wildman–Crippen LogP) is -0.458. The summed E-state index contributed by atoms with van der Waals surface area (Å²) in [5, 5.41) is 4.29. The van der Waals surface area contributed by atoms with Crippen molar-refractivity contribution >= 4 is 22.0 Å². The number of ether oxygens (including phenoxy) is 2. The Kier molecular flexibility index (Phi) is 6.12. The fourth-order valence-corrected chi connectivity index (χ4v) is 3.43. The van der Waals surface area contributed by atoms with Crippen LogP contribution in [0.15, 0.2) is 29.2 Å². The van der Waals surface area contributed by atoms with E-state index in [-0.39, 0.29) is 11.5 Å². The first-order valence-electron chi connectivity index (χ1n) is 7.26. The monoisotopic (exact) mass is 357 g/mol. The van der Waals surface area contributed by atoms with Crippen molar-refractivity contribution in [1.82, 2.24) is 14.9 Å². The highest BCUT2D eigenvalue weighted by Crippen LogP contribution is 2.20. The molecule has 1 aromatic carbocycles. The Morgan fingerprint density at radius 1 is 1.21 bits per heavy atom. The highest BCUT2D eigenvalue weighted by molar-refractivity contribution is 7.89. The molecule has 3 amide bonds. The molecule has 1 heterocycles. The van der Waals surface area contributed by atoms with Crippen molar-refractivity contribution < 1.29 is 27.5 Å². The van der Waals surface area contributed by atoms with E-state index in [1.54, 1.807) is 0 Å². The molecule has 1 saturated heterocycles. The van der Waals surface area contributed by atoms with Gasteiger partial charge in [0.1, 0.15) is 5.75 Å². The predicted molar refractivity (Wildman–Crippen MR) is 84.1 cm³/mol. The summed E-state index contributed by atoms with van der Waals surface area (Å²) >= 11 is 0. The number of rotatable bonds is 5. The van der Waals surface area contributed by atoms with Gasteiger partial charge in [0, 0.05) is 20.1 Å². The molecule has 0 aliphatic carbocycles. The summed E-state index contributed by atoms with van der Waals surface area (Å²) in [7, 11) is -2.18. The number of sulfonamides is 1. The Bertz CT molecular complexity index is 683. The van der Waals surface area contributed by atoms with Crippen LogP contribution < -0.4 is 15.4 Å². The van der Waals surface area contributed by atoms with Gasteiger partial charge in [0.15, 0.2) is 6.61 Å². The standard InChI is InChI=1S/C14H19N3O6S/c1-15-14(19)16-13(18)10-23-11-2-4-12(5-3-11)24(20,21)17-6-8-22-9-7-17/h2-5H,6-10H2,1H3,(H2,15,16,18,19). The Balaban J connectivity index is 1.95. The van der Waals surface area contributed by atoms with Gasteiger partial charge in [-0.1, -0.05) is 0 Å². The second kappa shape index (κ2) is 8.08. The van der Waals surface area contributed by atoms with Gasteiger partial charge in [-0.05, 0) is 24.3 Å². The van der Waals surface area contributed by atoms with Crippen LogP contribution in [0.4, 0.5) is 4.79 Å². The summed E-state index contributed by atoms with van der Waals surface area (Å²) in [5.74, 6) is -0.289. The molecule has 132 valence electrons. The van der Waals surface area contributed by atoms with Gasteiger partial charge >= 0.3 is 6.03 Å². The number of urea groups is 1. The van der Waals surface area contributed by atoms with Crippen molar-refractivity contribution in [3.63, 3.8) is 0 Å². The summed E-state index contributed by atoms with van der Waals surface area (Å²) in [6.07, 6.45) is 0. The van der Waals surface area contributed by atoms with Crippen LogP contribution in [0.1, 0.15) is 0 Å². The van der Waals surface area contributed by atoms with Crippen molar-refractivity contribution in [3.05, 3.63) is 24.3 Å². The molecule has 0 spiro atoms. The van der Waals surface area contributed by atoms with E-state index in [4.69, 9.17) is 9.47 Å². The summed E-state index contributed by atoms with van der Waals surface area (Å²) < 4.78 is 36.6. The molecule has 1 aliphatic heterocycles. The zero-order valence-corrected chi connectivity index (χ0v) is 14.0. The average Bonchev–Trinajstić information content (AvgIpc) is 2.61. The van der Waals surface area contributed by atoms with Crippen LogP contribution in [0.5, 0.6) is 5.75 Å². The van der Waals surface area contributed by atoms with E-state index in [9.17, 15) is 18.0 Å². The number of carbonyl (C=O) groups excluding carboxylic acids is 2. The highest BCUT2D eigenvalue weighted by Gasteiger charge is 2.26. The molecular formula is C14H19N3O6S. The van der Waals surface area contributed by atoms with Gasteiger partial charge in [-0.15, -0.1) is 0 Å². The fourth-order valence-electron chi connectivity index (χ4n) is 2.02. The van der Waals surface area contributed by atoms with Crippen LogP contribution >= 0.6 is 0 Å². The average molecular weight is 357 g/mol. The van der Waals surface area contributed by atoms with Gasteiger partial charge in [-0.3, -0.25) is 10.1 Å². The van der Waals surface area contributed by atoms with Crippen LogP contribution in [-0.2, 0) is 19.6 Å². The molecule has 0 radical (unpaired) electrons. The normalized spacial score (nSPS) is 15.5. The van der Waals surface area contributed by atoms with Crippen LogP contribution in [0.3, 0.4) is 0 Å². The molecule has 1 aliphatic rings. The lowest BCUT2D eigenvalue weighted by atomic mass is 10.3. The number of amides is 3. The molecular weight excluding hydrogens is 338 g/mol. The van der Waals surface area contributed by atoms with Gasteiger partial charge in [0.2, 0.25) is 10.0 Å². The maximum absolute atomic E-state index is 12.4. The van der Waals surface area contributed by atoms with Crippen molar-refractivity contribution in [2.75, 3.05) is 40.0 Å². The summed E-state index contributed by atoms with van der Waals surface area (Å²) in [4.78, 5) is 22.5. The molecule has 1 aromatic rings. The number of benzene rings is 1. The highest BCUT2D eigenvalue weighted by atomic mass is 32.2. The van der Waals surface area contributed by atoms with Gasteiger partial charge in [0.05, 0.1) is 18.1 Å². The molecule has 10 heteroatoms. The number of carbonyl (C=O) groups is 2. The minimum absolute atomic E-state index is 0.145. The quantitative estimate of drug-likeness (QED) is 0.737. The van der Waals surface area contributed by atoms with Gasteiger partial charge in [-0.2, -0.15) is 4.31 Å². The second-order valence-corrected chi connectivity index (χ2v) is 6.84. The number of nitrogens with zero attached hydrogens (tertiary/aromatic N) is 1. The SMILES string of the molecule is CNC(=O)NC(=O)COc1ccc(S(=O)(=O)N2CCOCC2)cc1. The van der Waals surface area contributed by atoms with Crippen LogP contribution in [0.2, 0.25) is 0 Å². The number of hydrogen-bond acceptors (Lipinski definition) is 6. The van der Waals surface area contributed by atoms with E-state index in [0.717, 1.165) is 0 Å². The zero-order chi connectivity index (χ0) is 17.6. The Hall–Kier alpha value is -2.17. The molecule has 0 aromatic heterocycles. The van der Waals surface area contributed by atoms with E-state index in [1.165, 1.54) is 35.6 Å². The Labute approximate surface area is 140 Å². The van der Waals surface area contributed by atoms with E-state index in [1.807, 2.05) is 0 Å². The van der Waals surface area contributed by atoms with Crippen molar-refractivity contribution in [3.8, 4) is 5.75 Å². The third-order valence-electron chi connectivity index (χ3n) is 3.28. The summed E-state index contributed by atoms with van der Waals surface area (Å²) in [6, 6.07) is 5.12. The first-order valence-corrected chi connectivity index (χ1v) is 8.70. The van der Waals surface area contributed by atoms with Crippen LogP contribution in [0, 0.1) is 0 Å². The van der Waals surface area contributed by atoms with E-state index < -0.39 is 22.0 Å². The minimum atomic E-state index is -3.56. The molecule has 0 unspecified atom stereocenters. The van der Waals surface area contributed by atoms with Gasteiger partial charge in [-0.25, -0.2) is 13.2 Å². The maximum Gasteiger partial charge on any atom is 0.321 e. The number of nitrogens with one attached hydrogen (secondary N) is 2. The molecule has 9 nitrogen and oxygen atoms in total. The topological polar surface area (TPSA) is 114 Å². The molecule has 1 fully saturated rings. The Morgan fingerprint density at radius 3 is 2.42 bits per heavy atom. The summed E-state index contributed by atoms with van der Waals surface area (Å²) in [6.45, 7) is 1.03. The first-order chi connectivity index (χ1) is 11.4. The number of hydrogen-bond donors (Lipinski definition) is 2. The van der Waals surface area contributed by atoms with Crippen LogP contribution in [0.25, 0.3) is 0 Å². The van der Waals surface area contributed by atoms with Gasteiger partial charge < -0.3 is 14.8 Å². The third-order valence-corrected chi connectivity index (χ3v) is 5.19. The smallest absolute Gasteiger partial charge is 0.321 e. The van der Waals surface area contributed by atoms with Crippen molar-refractivity contribution in [2.45, 2.75) is 4.90 Å². The molecule has 0 bridgehead atoms. The number of morpholine rings is 1. The van der Waals surface area contributed by atoms with Crippen LogP contribution in [-0.4, -0.2) is 64.6 Å². The van der Waals surface area contributed by atoms with Gasteiger partial charge in [0.25, 0.3) is 5.91 Å². The Morgan fingerprint density at radius 2 is 1.83 bits per heavy atom. The summed E-state index contributed by atoms with van der Waals surface area (Å²) in [5.41, 5.74) is 0.